The van der Waals surface area contributed by atoms with Crippen LogP contribution < -0.4 is 10.6 Å². The van der Waals surface area contributed by atoms with Gasteiger partial charge in [-0.2, -0.15) is 0 Å². The first-order valence-corrected chi connectivity index (χ1v) is 6.52. The van der Waals surface area contributed by atoms with Crippen LogP contribution in [0.25, 0.3) is 0 Å². The Morgan fingerprint density at radius 2 is 2.20 bits per heavy atom. The van der Waals surface area contributed by atoms with Crippen molar-refractivity contribution in [2.24, 2.45) is 10.9 Å². The summed E-state index contributed by atoms with van der Waals surface area (Å²) < 4.78 is 5.13. The van der Waals surface area contributed by atoms with Gasteiger partial charge in [-0.3, -0.25) is 14.4 Å². The van der Waals surface area contributed by atoms with Gasteiger partial charge >= 0.3 is 0 Å². The number of nitrogens with zero attached hydrogens (tertiary/aromatic N) is 1. The zero-order valence-corrected chi connectivity index (χ0v) is 11.4. The van der Waals surface area contributed by atoms with Gasteiger partial charge in [-0.15, -0.1) is 0 Å². The lowest BCUT2D eigenvalue weighted by Crippen LogP contribution is -2.40. The van der Waals surface area contributed by atoms with E-state index < -0.39 is 5.92 Å². The number of rotatable bonds is 8. The van der Waals surface area contributed by atoms with Gasteiger partial charge < -0.3 is 15.4 Å². The summed E-state index contributed by atoms with van der Waals surface area (Å²) in [5.41, 5.74) is 0. The summed E-state index contributed by atoms with van der Waals surface area (Å²) in [5.74, 6) is -1.61. The van der Waals surface area contributed by atoms with Crippen LogP contribution in [0.2, 0.25) is 0 Å². The zero-order valence-electron chi connectivity index (χ0n) is 11.4. The first-order valence-electron chi connectivity index (χ1n) is 6.52. The lowest BCUT2D eigenvalue weighted by molar-refractivity contribution is -0.126. The van der Waals surface area contributed by atoms with Gasteiger partial charge in [0, 0.05) is 32.0 Å². The number of hydrogen-bond acceptors (Lipinski definition) is 4. The van der Waals surface area contributed by atoms with E-state index in [0.717, 1.165) is 6.42 Å². The number of nitrogens with one attached hydrogen (secondary N) is 2. The van der Waals surface area contributed by atoms with Crippen LogP contribution in [0.3, 0.4) is 0 Å². The molecule has 0 aromatic carbocycles. The molecular weight excluding hydrogens is 262 g/mol. The SMILES string of the molecule is CCOCCCNC(=O)CNC(=O)C1C=CC(=O)N=C1. The van der Waals surface area contributed by atoms with Crippen molar-refractivity contribution in [2.45, 2.75) is 13.3 Å². The van der Waals surface area contributed by atoms with Crippen LogP contribution in [0.1, 0.15) is 13.3 Å². The number of dihydropyridines is 1. The van der Waals surface area contributed by atoms with E-state index in [1.807, 2.05) is 6.92 Å². The van der Waals surface area contributed by atoms with Crippen LogP contribution in [0.15, 0.2) is 17.1 Å². The molecule has 0 saturated carbocycles. The summed E-state index contributed by atoms with van der Waals surface area (Å²) in [6.45, 7) is 3.57. The molecular formula is C13H19N3O4. The fourth-order valence-electron chi connectivity index (χ4n) is 1.48. The molecule has 0 fully saturated rings. The smallest absolute Gasteiger partial charge is 0.269 e. The van der Waals surface area contributed by atoms with Gasteiger partial charge in [-0.05, 0) is 13.3 Å². The molecule has 2 N–H and O–H groups in total. The van der Waals surface area contributed by atoms with Crippen LogP contribution in [-0.4, -0.2) is 50.2 Å². The predicted octanol–water partition coefficient (Wildman–Crippen LogP) is -0.571. The zero-order chi connectivity index (χ0) is 14.8. The maximum absolute atomic E-state index is 11.7. The summed E-state index contributed by atoms with van der Waals surface area (Å²) in [5, 5.41) is 5.15. The summed E-state index contributed by atoms with van der Waals surface area (Å²) in [4.78, 5) is 37.4. The third kappa shape index (κ3) is 6.24. The highest BCUT2D eigenvalue weighted by molar-refractivity contribution is 6.05. The average molecular weight is 281 g/mol. The molecule has 0 aromatic heterocycles. The highest BCUT2D eigenvalue weighted by Gasteiger charge is 2.17. The van der Waals surface area contributed by atoms with Crippen LogP contribution in [-0.2, 0) is 19.1 Å². The number of aliphatic imine (C=N–C) groups is 1. The minimum atomic E-state index is -0.599. The second-order valence-electron chi connectivity index (χ2n) is 4.12. The number of carbonyl (C=O) groups is 3. The third-order valence-corrected chi connectivity index (χ3v) is 2.53. The van der Waals surface area contributed by atoms with Crippen molar-refractivity contribution in [2.75, 3.05) is 26.3 Å². The van der Waals surface area contributed by atoms with Gasteiger partial charge in [0.05, 0.1) is 12.5 Å². The van der Waals surface area contributed by atoms with E-state index in [9.17, 15) is 14.4 Å². The summed E-state index contributed by atoms with van der Waals surface area (Å²) >= 11 is 0. The first kappa shape index (κ1) is 16.0. The Bertz CT molecular complexity index is 402. The van der Waals surface area contributed by atoms with E-state index in [1.165, 1.54) is 18.4 Å². The van der Waals surface area contributed by atoms with E-state index in [-0.39, 0.29) is 24.3 Å². The first-order chi connectivity index (χ1) is 9.63. The summed E-state index contributed by atoms with van der Waals surface area (Å²) in [7, 11) is 0. The van der Waals surface area contributed by atoms with Crippen molar-refractivity contribution in [3.63, 3.8) is 0 Å². The van der Waals surface area contributed by atoms with E-state index in [0.29, 0.717) is 19.8 Å². The van der Waals surface area contributed by atoms with E-state index >= 15 is 0 Å². The monoisotopic (exact) mass is 281 g/mol. The lowest BCUT2D eigenvalue weighted by atomic mass is 10.1. The molecule has 1 heterocycles. The highest BCUT2D eigenvalue weighted by atomic mass is 16.5. The molecule has 1 atom stereocenters. The maximum Gasteiger partial charge on any atom is 0.269 e. The minimum absolute atomic E-state index is 0.0976. The largest absolute Gasteiger partial charge is 0.382 e. The van der Waals surface area contributed by atoms with Crippen LogP contribution in [0.4, 0.5) is 0 Å². The Balaban J connectivity index is 2.14. The molecule has 0 spiro atoms. The van der Waals surface area contributed by atoms with Gasteiger partial charge in [0.15, 0.2) is 0 Å². The molecule has 0 radical (unpaired) electrons. The molecule has 7 nitrogen and oxygen atoms in total. The van der Waals surface area contributed by atoms with Gasteiger partial charge in [-0.25, -0.2) is 4.99 Å². The fourth-order valence-corrected chi connectivity index (χ4v) is 1.48. The predicted molar refractivity (Wildman–Crippen MR) is 73.3 cm³/mol. The Morgan fingerprint density at radius 1 is 1.40 bits per heavy atom. The number of carbonyl (C=O) groups excluding carboxylic acids is 3. The quantitative estimate of drug-likeness (QED) is 0.582. The standard InChI is InChI=1S/C13H19N3O4/c1-2-20-7-3-6-14-12(18)9-16-13(19)10-4-5-11(17)15-8-10/h4-5,8,10H,2-3,6-7,9H2,1H3,(H,14,18)(H,16,19). The number of amides is 3. The summed E-state index contributed by atoms with van der Waals surface area (Å²) in [6, 6.07) is 0. The van der Waals surface area contributed by atoms with Crippen molar-refractivity contribution in [3.05, 3.63) is 12.2 Å². The molecule has 0 aromatic rings. The molecule has 20 heavy (non-hydrogen) atoms. The van der Waals surface area contributed by atoms with Gasteiger partial charge in [0.25, 0.3) is 5.91 Å². The second-order valence-corrected chi connectivity index (χ2v) is 4.12. The van der Waals surface area contributed by atoms with Crippen molar-refractivity contribution in [3.8, 4) is 0 Å². The van der Waals surface area contributed by atoms with E-state index in [2.05, 4.69) is 15.6 Å². The van der Waals surface area contributed by atoms with Crippen molar-refractivity contribution >= 4 is 23.9 Å². The van der Waals surface area contributed by atoms with Crippen LogP contribution in [0, 0.1) is 5.92 Å². The van der Waals surface area contributed by atoms with Crippen molar-refractivity contribution < 1.29 is 19.1 Å². The van der Waals surface area contributed by atoms with Gasteiger partial charge in [0.1, 0.15) is 0 Å². The number of hydrogen-bond donors (Lipinski definition) is 2. The summed E-state index contributed by atoms with van der Waals surface area (Å²) in [6.07, 6.45) is 4.67. The Kier molecular flexibility index (Phi) is 7.20. The van der Waals surface area contributed by atoms with Crippen LogP contribution >= 0.6 is 0 Å². The molecule has 1 rings (SSSR count). The molecule has 0 bridgehead atoms. The van der Waals surface area contributed by atoms with Crippen molar-refractivity contribution in [1.82, 2.24) is 10.6 Å². The molecule has 1 aliphatic heterocycles. The fraction of sp³-hybridized carbons (Fsp3) is 0.538. The number of ether oxygens (including phenoxy) is 1. The third-order valence-electron chi connectivity index (χ3n) is 2.53. The molecule has 0 aliphatic carbocycles. The molecule has 1 aliphatic rings. The Morgan fingerprint density at radius 3 is 2.85 bits per heavy atom. The van der Waals surface area contributed by atoms with Gasteiger partial charge in [0.2, 0.25) is 11.8 Å². The molecule has 7 heteroatoms. The maximum atomic E-state index is 11.7. The lowest BCUT2D eigenvalue weighted by Gasteiger charge is -2.11. The van der Waals surface area contributed by atoms with Gasteiger partial charge in [-0.1, -0.05) is 6.08 Å². The Labute approximate surface area is 117 Å². The highest BCUT2D eigenvalue weighted by Crippen LogP contribution is 2.01. The minimum Gasteiger partial charge on any atom is -0.382 e. The van der Waals surface area contributed by atoms with E-state index in [1.54, 1.807) is 0 Å². The normalized spacial score (nSPS) is 17.1. The molecule has 1 unspecified atom stereocenters. The van der Waals surface area contributed by atoms with Crippen LogP contribution in [0.5, 0.6) is 0 Å². The topological polar surface area (TPSA) is 96.9 Å². The molecule has 3 amide bonds. The molecule has 110 valence electrons. The molecule has 0 saturated heterocycles. The second kappa shape index (κ2) is 8.98. The van der Waals surface area contributed by atoms with E-state index in [4.69, 9.17) is 4.74 Å². The average Bonchev–Trinajstić information content (AvgIpc) is 2.45. The van der Waals surface area contributed by atoms with Crippen molar-refractivity contribution in [1.29, 1.82) is 0 Å². The Hall–Kier alpha value is -2.02.